The van der Waals surface area contributed by atoms with Gasteiger partial charge < -0.3 is 4.23 Å². The van der Waals surface area contributed by atoms with Crippen molar-refractivity contribution in [2.24, 2.45) is 0 Å². The number of carbonyl (C=O) groups is 1. The summed E-state index contributed by atoms with van der Waals surface area (Å²) in [7, 11) is -3.06. The Morgan fingerprint density at radius 1 is 1.08 bits per heavy atom. The smallest absolute Gasteiger partial charge is 0.230 e. The molecule has 0 aromatic heterocycles. The third-order valence-corrected chi connectivity index (χ3v) is 8.89. The lowest BCUT2D eigenvalue weighted by atomic mass is 10.6. The van der Waals surface area contributed by atoms with Gasteiger partial charge in [-0.05, 0) is 6.08 Å². The molecule has 1 amide bonds. The molecule has 4 heteroatoms. The topological polar surface area (TPSA) is 20.3 Å². The van der Waals surface area contributed by atoms with Crippen molar-refractivity contribution < 1.29 is 4.79 Å². The van der Waals surface area contributed by atoms with E-state index in [1.807, 2.05) is 0 Å². The zero-order chi connectivity index (χ0) is 10.9. The number of amides is 1. The lowest BCUT2D eigenvalue weighted by Gasteiger charge is -2.43. The number of hydrogen-bond donors (Lipinski definition) is 0. The molecule has 2 nitrogen and oxygen atoms in total. The first-order chi connectivity index (χ1) is 5.60. The van der Waals surface area contributed by atoms with Gasteiger partial charge >= 0.3 is 0 Å². The average molecular weight is 215 g/mol. The second-order valence-electron chi connectivity index (χ2n) is 5.22. The molecule has 0 rings (SSSR count). The summed E-state index contributed by atoms with van der Waals surface area (Å²) in [5, 5.41) is 0. The molecule has 0 fully saturated rings. The third-order valence-electron chi connectivity index (χ3n) is 1.74. The molecule has 0 saturated heterocycles. The van der Waals surface area contributed by atoms with E-state index < -0.39 is 16.5 Å². The van der Waals surface area contributed by atoms with E-state index in [2.05, 4.69) is 50.1 Å². The van der Waals surface area contributed by atoms with Crippen LogP contribution in [0.5, 0.6) is 0 Å². The van der Waals surface area contributed by atoms with Crippen molar-refractivity contribution in [1.29, 1.82) is 0 Å². The molecule has 0 aromatic rings. The zero-order valence-electron chi connectivity index (χ0n) is 9.64. The van der Waals surface area contributed by atoms with Crippen LogP contribution in [0.3, 0.4) is 0 Å². The minimum atomic E-state index is -1.53. The van der Waals surface area contributed by atoms with Crippen molar-refractivity contribution >= 4 is 22.4 Å². The van der Waals surface area contributed by atoms with Gasteiger partial charge in [0, 0.05) is 0 Å². The average Bonchev–Trinajstić information content (AvgIpc) is 1.80. The molecule has 0 saturated carbocycles. The number of carbonyl (C=O) groups excluding carboxylic acids is 1. The molecule has 13 heavy (non-hydrogen) atoms. The second-order valence-corrected chi connectivity index (χ2v) is 15.2. The number of hydrogen-bond acceptors (Lipinski definition) is 1. The van der Waals surface area contributed by atoms with Crippen LogP contribution < -0.4 is 0 Å². The highest BCUT2D eigenvalue weighted by molar-refractivity contribution is 6.92. The van der Waals surface area contributed by atoms with Gasteiger partial charge in [0.1, 0.15) is 16.5 Å². The van der Waals surface area contributed by atoms with Crippen LogP contribution in [0, 0.1) is 0 Å². The quantitative estimate of drug-likeness (QED) is 0.523. The van der Waals surface area contributed by atoms with Gasteiger partial charge in [-0.1, -0.05) is 45.9 Å². The summed E-state index contributed by atoms with van der Waals surface area (Å²) >= 11 is 0. The molecule has 0 unspecified atom stereocenters. The van der Waals surface area contributed by atoms with E-state index in [4.69, 9.17) is 0 Å². The van der Waals surface area contributed by atoms with Crippen LogP contribution in [0.25, 0.3) is 0 Å². The molecule has 0 N–H and O–H groups in total. The van der Waals surface area contributed by atoms with Gasteiger partial charge in [0.25, 0.3) is 0 Å². The first-order valence-electron chi connectivity index (χ1n) is 4.57. The lowest BCUT2D eigenvalue weighted by Crippen LogP contribution is -2.61. The minimum Gasteiger partial charge on any atom is -0.393 e. The fourth-order valence-electron chi connectivity index (χ4n) is 1.76. The molecule has 0 heterocycles. The van der Waals surface area contributed by atoms with Gasteiger partial charge in [-0.2, -0.15) is 0 Å². The molecule has 0 radical (unpaired) electrons. The fourth-order valence-corrected chi connectivity index (χ4v) is 11.3. The van der Waals surface area contributed by atoms with E-state index in [-0.39, 0.29) is 5.91 Å². The van der Waals surface area contributed by atoms with E-state index in [9.17, 15) is 4.79 Å². The maximum Gasteiger partial charge on any atom is 0.230 e. The fraction of sp³-hybridized carbons (Fsp3) is 0.667. The Kier molecular flexibility index (Phi) is 3.69. The van der Waals surface area contributed by atoms with Crippen molar-refractivity contribution in [3.05, 3.63) is 12.7 Å². The number of rotatable bonds is 3. The van der Waals surface area contributed by atoms with Crippen molar-refractivity contribution in [3.8, 4) is 0 Å². The largest absolute Gasteiger partial charge is 0.393 e. The standard InChI is InChI=1S/C9H21NOSi2/c1-8-9(11)10(12(2,3)4)13(5,6)7/h8H,1H2,2-7H3. The first kappa shape index (κ1) is 12.6. The Bertz CT molecular complexity index is 199. The Hall–Kier alpha value is -0.356. The highest BCUT2D eigenvalue weighted by atomic mass is 28.4. The molecule has 0 bridgehead atoms. The van der Waals surface area contributed by atoms with Crippen molar-refractivity contribution in [2.75, 3.05) is 0 Å². The van der Waals surface area contributed by atoms with Crippen LogP contribution in [0.1, 0.15) is 0 Å². The van der Waals surface area contributed by atoms with E-state index in [0.29, 0.717) is 0 Å². The normalized spacial score (nSPS) is 12.5. The maximum atomic E-state index is 11.7. The summed E-state index contributed by atoms with van der Waals surface area (Å²) in [6.07, 6.45) is 1.44. The van der Waals surface area contributed by atoms with Crippen molar-refractivity contribution in [1.82, 2.24) is 4.23 Å². The van der Waals surface area contributed by atoms with Crippen LogP contribution in [0.2, 0.25) is 39.3 Å². The Morgan fingerprint density at radius 3 is 1.46 bits per heavy atom. The summed E-state index contributed by atoms with van der Waals surface area (Å²) in [6, 6.07) is 0. The highest BCUT2D eigenvalue weighted by Crippen LogP contribution is 2.19. The van der Waals surface area contributed by atoms with Gasteiger partial charge in [-0.25, -0.2) is 0 Å². The summed E-state index contributed by atoms with van der Waals surface area (Å²) in [5.74, 6) is 0.110. The molecule has 0 spiro atoms. The van der Waals surface area contributed by atoms with Gasteiger partial charge in [-0.3, -0.25) is 4.79 Å². The van der Waals surface area contributed by atoms with Gasteiger partial charge in [0.05, 0.1) is 0 Å². The number of nitrogens with zero attached hydrogens (tertiary/aromatic N) is 1. The minimum absolute atomic E-state index is 0.110. The summed E-state index contributed by atoms with van der Waals surface area (Å²) in [5.41, 5.74) is 0. The highest BCUT2D eigenvalue weighted by Gasteiger charge is 2.36. The molecular formula is C9H21NOSi2. The summed E-state index contributed by atoms with van der Waals surface area (Å²) < 4.78 is 2.12. The first-order valence-corrected chi connectivity index (χ1v) is 11.5. The van der Waals surface area contributed by atoms with Crippen LogP contribution in [0.4, 0.5) is 0 Å². The molecule has 0 atom stereocenters. The van der Waals surface area contributed by atoms with E-state index in [1.54, 1.807) is 0 Å². The third kappa shape index (κ3) is 3.48. The predicted octanol–water partition coefficient (Wildman–Crippen LogP) is 2.67. The zero-order valence-corrected chi connectivity index (χ0v) is 11.6. The Morgan fingerprint density at radius 2 is 1.38 bits per heavy atom. The van der Waals surface area contributed by atoms with Crippen molar-refractivity contribution in [2.45, 2.75) is 39.3 Å². The maximum absolute atomic E-state index is 11.7. The van der Waals surface area contributed by atoms with Crippen LogP contribution in [-0.4, -0.2) is 26.6 Å². The molecular weight excluding hydrogens is 194 g/mol. The Labute approximate surface area is 83.8 Å². The SMILES string of the molecule is C=CC(=O)N([Si](C)(C)C)[Si](C)(C)C. The van der Waals surface area contributed by atoms with Crippen LogP contribution in [0.15, 0.2) is 12.7 Å². The van der Waals surface area contributed by atoms with Crippen molar-refractivity contribution in [3.63, 3.8) is 0 Å². The molecule has 0 aromatic carbocycles. The molecule has 0 aliphatic heterocycles. The van der Waals surface area contributed by atoms with Gasteiger partial charge in [0.2, 0.25) is 5.91 Å². The summed E-state index contributed by atoms with van der Waals surface area (Å²) in [4.78, 5) is 11.7. The van der Waals surface area contributed by atoms with Crippen LogP contribution in [-0.2, 0) is 4.79 Å². The predicted molar refractivity (Wildman–Crippen MR) is 63.7 cm³/mol. The lowest BCUT2D eigenvalue weighted by molar-refractivity contribution is -0.119. The second kappa shape index (κ2) is 3.80. The van der Waals surface area contributed by atoms with Crippen LogP contribution >= 0.6 is 0 Å². The van der Waals surface area contributed by atoms with Gasteiger partial charge in [0.15, 0.2) is 0 Å². The Balaban J connectivity index is 5.00. The molecule has 0 aliphatic rings. The molecule has 0 aliphatic carbocycles. The van der Waals surface area contributed by atoms with E-state index >= 15 is 0 Å². The molecule has 76 valence electrons. The van der Waals surface area contributed by atoms with E-state index in [0.717, 1.165) is 0 Å². The summed E-state index contributed by atoms with van der Waals surface area (Å²) in [6.45, 7) is 16.8. The van der Waals surface area contributed by atoms with E-state index in [1.165, 1.54) is 6.08 Å². The monoisotopic (exact) mass is 215 g/mol. The van der Waals surface area contributed by atoms with Gasteiger partial charge in [-0.15, -0.1) is 0 Å².